The lowest BCUT2D eigenvalue weighted by Crippen LogP contribution is -2.22. The third-order valence-corrected chi connectivity index (χ3v) is 5.18. The highest BCUT2D eigenvalue weighted by Gasteiger charge is 2.15. The third-order valence-electron chi connectivity index (χ3n) is 5.18. The average Bonchev–Trinajstić information content (AvgIpc) is 2.66. The van der Waals surface area contributed by atoms with Crippen molar-refractivity contribution >= 4 is 0 Å². The van der Waals surface area contributed by atoms with Crippen molar-refractivity contribution in [2.45, 2.75) is 39.2 Å². The molecule has 0 aliphatic carbocycles. The van der Waals surface area contributed by atoms with Crippen molar-refractivity contribution in [1.29, 1.82) is 0 Å². The predicted molar refractivity (Wildman–Crippen MR) is 112 cm³/mol. The number of hydrogen-bond acceptors (Lipinski definition) is 1. The van der Waals surface area contributed by atoms with Crippen LogP contribution in [0.25, 0.3) is 0 Å². The summed E-state index contributed by atoms with van der Waals surface area (Å²) in [5.41, 5.74) is 6.87. The molecule has 1 heteroatoms. The summed E-state index contributed by atoms with van der Waals surface area (Å²) in [5, 5.41) is 3.73. The molecule has 0 aliphatic rings. The van der Waals surface area contributed by atoms with Gasteiger partial charge in [0.15, 0.2) is 0 Å². The van der Waals surface area contributed by atoms with E-state index in [4.69, 9.17) is 0 Å². The van der Waals surface area contributed by atoms with Crippen LogP contribution in [0, 0.1) is 13.8 Å². The summed E-state index contributed by atoms with van der Waals surface area (Å²) in [6.07, 6.45) is 1.09. The molecule has 26 heavy (non-hydrogen) atoms. The highest BCUT2D eigenvalue weighted by molar-refractivity contribution is 5.33. The number of nitrogens with one attached hydrogen (secondary N) is 1. The lowest BCUT2D eigenvalue weighted by Gasteiger charge is -2.21. The largest absolute Gasteiger partial charge is 0.310 e. The third kappa shape index (κ3) is 4.62. The molecule has 3 rings (SSSR count). The lowest BCUT2D eigenvalue weighted by atomic mass is 9.88. The van der Waals surface area contributed by atoms with Crippen molar-refractivity contribution in [3.05, 3.63) is 107 Å². The van der Waals surface area contributed by atoms with Gasteiger partial charge >= 0.3 is 0 Å². The van der Waals surface area contributed by atoms with Gasteiger partial charge in [0.1, 0.15) is 0 Å². The Kier molecular flexibility index (Phi) is 6.25. The summed E-state index contributed by atoms with van der Waals surface area (Å²) >= 11 is 0. The molecule has 0 spiro atoms. The van der Waals surface area contributed by atoms with Gasteiger partial charge in [-0.2, -0.15) is 0 Å². The summed E-state index contributed by atoms with van der Waals surface area (Å²) in [6.45, 7) is 7.61. The first-order chi connectivity index (χ1) is 12.6. The quantitative estimate of drug-likeness (QED) is 0.540. The van der Waals surface area contributed by atoms with E-state index in [9.17, 15) is 0 Å². The SMILES string of the molecule is Cc1ccc(C(C)NCCC(c2ccccc2)c2ccccc2)c(C)c1. The van der Waals surface area contributed by atoms with Crippen LogP contribution in [0.5, 0.6) is 0 Å². The van der Waals surface area contributed by atoms with Crippen LogP contribution in [-0.4, -0.2) is 6.54 Å². The smallest absolute Gasteiger partial charge is 0.0294 e. The van der Waals surface area contributed by atoms with E-state index in [-0.39, 0.29) is 0 Å². The van der Waals surface area contributed by atoms with Gasteiger partial charge in [-0.1, -0.05) is 84.4 Å². The van der Waals surface area contributed by atoms with E-state index in [1.807, 2.05) is 0 Å². The Morgan fingerprint density at radius 1 is 0.769 bits per heavy atom. The van der Waals surface area contributed by atoms with Crippen LogP contribution in [0.1, 0.15) is 53.1 Å². The van der Waals surface area contributed by atoms with Gasteiger partial charge in [-0.25, -0.2) is 0 Å². The molecule has 0 radical (unpaired) electrons. The Morgan fingerprint density at radius 2 is 1.35 bits per heavy atom. The topological polar surface area (TPSA) is 12.0 Å². The summed E-state index contributed by atoms with van der Waals surface area (Å²) in [5.74, 6) is 0.427. The van der Waals surface area contributed by atoms with E-state index in [0.717, 1.165) is 13.0 Å². The highest BCUT2D eigenvalue weighted by atomic mass is 14.9. The van der Waals surface area contributed by atoms with Gasteiger partial charge in [-0.05, 0) is 56.0 Å². The fourth-order valence-electron chi connectivity index (χ4n) is 3.76. The second-order valence-electron chi connectivity index (χ2n) is 7.20. The molecule has 0 heterocycles. The van der Waals surface area contributed by atoms with E-state index < -0.39 is 0 Å². The minimum atomic E-state index is 0.364. The fourth-order valence-corrected chi connectivity index (χ4v) is 3.76. The van der Waals surface area contributed by atoms with Crippen molar-refractivity contribution in [2.24, 2.45) is 0 Å². The first-order valence-corrected chi connectivity index (χ1v) is 9.55. The van der Waals surface area contributed by atoms with Gasteiger partial charge < -0.3 is 5.32 Å². The van der Waals surface area contributed by atoms with Crippen molar-refractivity contribution in [2.75, 3.05) is 6.54 Å². The van der Waals surface area contributed by atoms with Crippen LogP contribution in [-0.2, 0) is 0 Å². The van der Waals surface area contributed by atoms with E-state index >= 15 is 0 Å². The Bertz CT molecular complexity index is 769. The number of rotatable bonds is 7. The van der Waals surface area contributed by atoms with E-state index in [0.29, 0.717) is 12.0 Å². The van der Waals surface area contributed by atoms with E-state index in [2.05, 4.69) is 105 Å². The van der Waals surface area contributed by atoms with Crippen molar-refractivity contribution < 1.29 is 0 Å². The van der Waals surface area contributed by atoms with Crippen LogP contribution >= 0.6 is 0 Å². The fraction of sp³-hybridized carbons (Fsp3) is 0.280. The van der Waals surface area contributed by atoms with Gasteiger partial charge in [0, 0.05) is 12.0 Å². The second kappa shape index (κ2) is 8.82. The van der Waals surface area contributed by atoms with Crippen LogP contribution in [0.3, 0.4) is 0 Å². The zero-order valence-electron chi connectivity index (χ0n) is 16.1. The maximum atomic E-state index is 3.73. The Hall–Kier alpha value is -2.38. The van der Waals surface area contributed by atoms with E-state index in [1.165, 1.54) is 27.8 Å². The molecule has 0 aliphatic heterocycles. The molecule has 0 aromatic heterocycles. The zero-order valence-corrected chi connectivity index (χ0v) is 16.1. The van der Waals surface area contributed by atoms with E-state index in [1.54, 1.807) is 0 Å². The molecule has 1 N–H and O–H groups in total. The Morgan fingerprint density at radius 3 is 1.88 bits per heavy atom. The first-order valence-electron chi connectivity index (χ1n) is 9.55. The normalized spacial score (nSPS) is 12.3. The molecule has 0 fully saturated rings. The van der Waals surface area contributed by atoms with Gasteiger partial charge in [-0.15, -0.1) is 0 Å². The van der Waals surface area contributed by atoms with Crippen molar-refractivity contribution in [3.63, 3.8) is 0 Å². The van der Waals surface area contributed by atoms with Crippen LogP contribution < -0.4 is 5.32 Å². The minimum absolute atomic E-state index is 0.364. The van der Waals surface area contributed by atoms with Crippen LogP contribution in [0.2, 0.25) is 0 Å². The monoisotopic (exact) mass is 343 g/mol. The molecule has 3 aromatic carbocycles. The maximum absolute atomic E-state index is 3.73. The van der Waals surface area contributed by atoms with Gasteiger partial charge in [0.25, 0.3) is 0 Å². The molecule has 1 atom stereocenters. The Balaban J connectivity index is 1.68. The zero-order chi connectivity index (χ0) is 18.4. The average molecular weight is 344 g/mol. The standard InChI is InChI=1S/C25H29N/c1-19-14-15-24(20(2)18-19)21(3)26-17-16-25(22-10-6-4-7-11-22)23-12-8-5-9-13-23/h4-15,18,21,25-26H,16-17H2,1-3H3. The molecule has 0 saturated heterocycles. The van der Waals surface area contributed by atoms with Gasteiger partial charge in [0.2, 0.25) is 0 Å². The summed E-state index contributed by atoms with van der Waals surface area (Å²) in [7, 11) is 0. The van der Waals surface area contributed by atoms with Gasteiger partial charge in [0.05, 0.1) is 0 Å². The molecular weight excluding hydrogens is 314 g/mol. The van der Waals surface area contributed by atoms with Gasteiger partial charge in [-0.3, -0.25) is 0 Å². The summed E-state index contributed by atoms with van der Waals surface area (Å²) in [6, 6.07) is 28.8. The lowest BCUT2D eigenvalue weighted by molar-refractivity contribution is 0.538. The molecule has 134 valence electrons. The maximum Gasteiger partial charge on any atom is 0.0294 e. The number of aryl methyl sites for hydroxylation is 2. The van der Waals surface area contributed by atoms with Crippen molar-refractivity contribution in [3.8, 4) is 0 Å². The van der Waals surface area contributed by atoms with Crippen molar-refractivity contribution in [1.82, 2.24) is 5.32 Å². The summed E-state index contributed by atoms with van der Waals surface area (Å²) in [4.78, 5) is 0. The molecule has 0 amide bonds. The molecule has 1 unspecified atom stereocenters. The molecule has 3 aromatic rings. The van der Waals surface area contributed by atoms with Crippen LogP contribution in [0.4, 0.5) is 0 Å². The minimum Gasteiger partial charge on any atom is -0.310 e. The molecule has 1 nitrogen and oxygen atoms in total. The van der Waals surface area contributed by atoms with Crippen LogP contribution in [0.15, 0.2) is 78.9 Å². The molecule has 0 bridgehead atoms. The highest BCUT2D eigenvalue weighted by Crippen LogP contribution is 2.28. The second-order valence-corrected chi connectivity index (χ2v) is 7.20. The molecular formula is C25H29N. The number of hydrogen-bond donors (Lipinski definition) is 1. The molecule has 0 saturated carbocycles. The predicted octanol–water partition coefficient (Wildman–Crippen LogP) is 6.18. The number of benzene rings is 3. The summed E-state index contributed by atoms with van der Waals surface area (Å²) < 4.78 is 0. The Labute approximate surface area is 158 Å². The first kappa shape index (κ1) is 18.4.